The summed E-state index contributed by atoms with van der Waals surface area (Å²) in [5.41, 5.74) is 3.56. The molecule has 28 heavy (non-hydrogen) atoms. The summed E-state index contributed by atoms with van der Waals surface area (Å²) >= 11 is 0. The second-order valence-corrected chi connectivity index (χ2v) is 6.60. The van der Waals surface area contributed by atoms with Gasteiger partial charge < -0.3 is 20.1 Å². The normalized spacial score (nSPS) is 12.6. The molecule has 0 heterocycles. The Bertz CT molecular complexity index is 704. The van der Waals surface area contributed by atoms with Crippen LogP contribution in [0.4, 0.5) is 0 Å². The zero-order valence-corrected chi connectivity index (χ0v) is 17.3. The summed E-state index contributed by atoms with van der Waals surface area (Å²) in [5.74, 6) is 0.825. The van der Waals surface area contributed by atoms with Crippen molar-refractivity contribution in [1.82, 2.24) is 10.6 Å². The van der Waals surface area contributed by atoms with Crippen molar-refractivity contribution in [1.29, 1.82) is 0 Å². The zero-order valence-electron chi connectivity index (χ0n) is 17.3. The molecule has 0 amide bonds. The Hall–Kier alpha value is -2.37. The van der Waals surface area contributed by atoms with Gasteiger partial charge in [-0.05, 0) is 37.0 Å². The standard InChI is InChI=1S/C23H33N3O2/c1-4-24-23(26-17-21-13-8-9-14-22(21)18-27-3)25-15-10-16-28-19(2)20-11-6-5-7-12-20/h5-9,11-14,19H,4,10,15-18H2,1-3H3,(H2,24,25,26). The Morgan fingerprint density at radius 3 is 2.43 bits per heavy atom. The summed E-state index contributed by atoms with van der Waals surface area (Å²) in [6, 6.07) is 18.6. The third-order valence-corrected chi connectivity index (χ3v) is 4.42. The van der Waals surface area contributed by atoms with Gasteiger partial charge in [-0.2, -0.15) is 0 Å². The predicted octanol–water partition coefficient (Wildman–Crippen LogP) is 4.06. The van der Waals surface area contributed by atoms with Gasteiger partial charge in [0, 0.05) is 26.8 Å². The molecule has 0 aliphatic heterocycles. The number of hydrogen-bond donors (Lipinski definition) is 2. The van der Waals surface area contributed by atoms with Gasteiger partial charge in [0.1, 0.15) is 0 Å². The van der Waals surface area contributed by atoms with Crippen LogP contribution in [0.2, 0.25) is 0 Å². The minimum atomic E-state index is 0.111. The van der Waals surface area contributed by atoms with Crippen LogP contribution in [-0.2, 0) is 22.6 Å². The maximum absolute atomic E-state index is 5.93. The minimum Gasteiger partial charge on any atom is -0.380 e. The molecule has 5 heteroatoms. The molecule has 5 nitrogen and oxygen atoms in total. The van der Waals surface area contributed by atoms with Crippen molar-refractivity contribution in [2.75, 3.05) is 26.8 Å². The molecular weight excluding hydrogens is 350 g/mol. The van der Waals surface area contributed by atoms with E-state index in [4.69, 9.17) is 14.5 Å². The number of guanidine groups is 1. The number of aliphatic imine (C=N–C) groups is 1. The van der Waals surface area contributed by atoms with Crippen LogP contribution < -0.4 is 10.6 Å². The highest BCUT2D eigenvalue weighted by molar-refractivity contribution is 5.79. The van der Waals surface area contributed by atoms with E-state index in [0.717, 1.165) is 25.5 Å². The molecule has 0 aliphatic rings. The van der Waals surface area contributed by atoms with E-state index >= 15 is 0 Å². The van der Waals surface area contributed by atoms with E-state index in [0.29, 0.717) is 19.8 Å². The van der Waals surface area contributed by atoms with Gasteiger partial charge in [-0.15, -0.1) is 0 Å². The van der Waals surface area contributed by atoms with E-state index in [1.165, 1.54) is 16.7 Å². The van der Waals surface area contributed by atoms with Crippen LogP contribution in [-0.4, -0.2) is 32.8 Å². The fourth-order valence-corrected chi connectivity index (χ4v) is 2.87. The number of benzene rings is 2. The predicted molar refractivity (Wildman–Crippen MR) is 115 cm³/mol. The highest BCUT2D eigenvalue weighted by Crippen LogP contribution is 2.15. The first-order valence-corrected chi connectivity index (χ1v) is 9.99. The molecule has 0 aliphatic carbocycles. The lowest BCUT2D eigenvalue weighted by atomic mass is 10.1. The molecule has 2 N–H and O–H groups in total. The van der Waals surface area contributed by atoms with E-state index in [1.807, 2.05) is 30.3 Å². The highest BCUT2D eigenvalue weighted by Gasteiger charge is 2.05. The van der Waals surface area contributed by atoms with Crippen LogP contribution in [0.3, 0.4) is 0 Å². The van der Waals surface area contributed by atoms with Crippen LogP contribution in [0.15, 0.2) is 59.6 Å². The first-order valence-electron chi connectivity index (χ1n) is 9.99. The van der Waals surface area contributed by atoms with Crippen LogP contribution in [0.5, 0.6) is 0 Å². The summed E-state index contributed by atoms with van der Waals surface area (Å²) in [5, 5.41) is 6.68. The largest absolute Gasteiger partial charge is 0.380 e. The van der Waals surface area contributed by atoms with Gasteiger partial charge in [-0.3, -0.25) is 0 Å². The van der Waals surface area contributed by atoms with Gasteiger partial charge in [0.25, 0.3) is 0 Å². The van der Waals surface area contributed by atoms with Crippen LogP contribution in [0.1, 0.15) is 43.1 Å². The van der Waals surface area contributed by atoms with Crippen LogP contribution in [0.25, 0.3) is 0 Å². The number of rotatable bonds is 11. The molecule has 0 aromatic heterocycles. The third kappa shape index (κ3) is 7.71. The van der Waals surface area contributed by atoms with Crippen molar-refractivity contribution < 1.29 is 9.47 Å². The average Bonchev–Trinajstić information content (AvgIpc) is 2.73. The van der Waals surface area contributed by atoms with E-state index < -0.39 is 0 Å². The van der Waals surface area contributed by atoms with Gasteiger partial charge in [-0.25, -0.2) is 4.99 Å². The van der Waals surface area contributed by atoms with Crippen molar-refractivity contribution in [3.63, 3.8) is 0 Å². The lowest BCUT2D eigenvalue weighted by Gasteiger charge is -2.15. The minimum absolute atomic E-state index is 0.111. The molecular formula is C23H33N3O2. The second kappa shape index (κ2) is 12.9. The number of methoxy groups -OCH3 is 1. The number of nitrogens with one attached hydrogen (secondary N) is 2. The summed E-state index contributed by atoms with van der Waals surface area (Å²) < 4.78 is 11.2. The zero-order chi connectivity index (χ0) is 20.0. The first kappa shape index (κ1) is 21.9. The summed E-state index contributed by atoms with van der Waals surface area (Å²) in [6.45, 7) is 7.73. The van der Waals surface area contributed by atoms with Crippen molar-refractivity contribution in [3.05, 3.63) is 71.3 Å². The van der Waals surface area contributed by atoms with E-state index in [9.17, 15) is 0 Å². The van der Waals surface area contributed by atoms with E-state index in [-0.39, 0.29) is 6.10 Å². The molecule has 1 atom stereocenters. The third-order valence-electron chi connectivity index (χ3n) is 4.42. The van der Waals surface area contributed by atoms with Gasteiger partial charge in [0.15, 0.2) is 5.96 Å². The highest BCUT2D eigenvalue weighted by atomic mass is 16.5. The smallest absolute Gasteiger partial charge is 0.191 e. The molecule has 0 saturated carbocycles. The second-order valence-electron chi connectivity index (χ2n) is 6.60. The van der Waals surface area contributed by atoms with Crippen LogP contribution in [0, 0.1) is 0 Å². The van der Waals surface area contributed by atoms with Crippen molar-refractivity contribution in [3.8, 4) is 0 Å². The summed E-state index contributed by atoms with van der Waals surface area (Å²) in [6.07, 6.45) is 1.03. The lowest BCUT2D eigenvalue weighted by molar-refractivity contribution is 0.0646. The first-order chi connectivity index (χ1) is 13.7. The van der Waals surface area contributed by atoms with Crippen LogP contribution >= 0.6 is 0 Å². The van der Waals surface area contributed by atoms with Crippen molar-refractivity contribution in [2.45, 2.75) is 39.5 Å². The molecule has 1 unspecified atom stereocenters. The topological polar surface area (TPSA) is 54.9 Å². The molecule has 152 valence electrons. The quantitative estimate of drug-likeness (QED) is 0.349. The van der Waals surface area contributed by atoms with Gasteiger partial charge >= 0.3 is 0 Å². The Balaban J connectivity index is 1.77. The molecule has 0 radical (unpaired) electrons. The number of hydrogen-bond acceptors (Lipinski definition) is 3. The van der Waals surface area contributed by atoms with E-state index in [2.05, 4.69) is 48.7 Å². The molecule has 0 bridgehead atoms. The van der Waals surface area contributed by atoms with Crippen molar-refractivity contribution in [2.24, 2.45) is 4.99 Å². The Morgan fingerprint density at radius 2 is 1.71 bits per heavy atom. The van der Waals surface area contributed by atoms with Crippen molar-refractivity contribution >= 4 is 5.96 Å². The molecule has 0 saturated heterocycles. The Morgan fingerprint density at radius 1 is 1.00 bits per heavy atom. The SMILES string of the molecule is CCNC(=NCc1ccccc1COC)NCCCOC(C)c1ccccc1. The average molecular weight is 384 g/mol. The molecule has 2 rings (SSSR count). The maximum atomic E-state index is 5.93. The molecule has 2 aromatic rings. The monoisotopic (exact) mass is 383 g/mol. The Kier molecular flexibility index (Phi) is 10.1. The maximum Gasteiger partial charge on any atom is 0.191 e. The van der Waals surface area contributed by atoms with Gasteiger partial charge in [-0.1, -0.05) is 54.6 Å². The number of ether oxygens (including phenoxy) is 2. The molecule has 0 spiro atoms. The van der Waals surface area contributed by atoms with Gasteiger partial charge in [0.05, 0.1) is 19.3 Å². The fraction of sp³-hybridized carbons (Fsp3) is 0.435. The summed E-state index contributed by atoms with van der Waals surface area (Å²) in [7, 11) is 1.71. The summed E-state index contributed by atoms with van der Waals surface area (Å²) in [4.78, 5) is 4.71. The lowest BCUT2D eigenvalue weighted by Crippen LogP contribution is -2.38. The molecule has 0 fully saturated rings. The number of nitrogens with zero attached hydrogens (tertiary/aromatic N) is 1. The Labute approximate surface area is 169 Å². The molecule has 2 aromatic carbocycles. The van der Waals surface area contributed by atoms with E-state index in [1.54, 1.807) is 7.11 Å². The van der Waals surface area contributed by atoms with Gasteiger partial charge in [0.2, 0.25) is 0 Å². The fourth-order valence-electron chi connectivity index (χ4n) is 2.87.